The zero-order valence-corrected chi connectivity index (χ0v) is 13.9. The van der Waals surface area contributed by atoms with Gasteiger partial charge in [0.2, 0.25) is 0 Å². The minimum atomic E-state index is 0.129. The lowest BCUT2D eigenvalue weighted by atomic mass is 10.2. The Morgan fingerprint density at radius 3 is 2.62 bits per heavy atom. The standard InChI is InChI=1S/C14H14Cl2N4S/c1-8-5-10(7-18-19-14(17)21)9(2)20(8)11-3-4-12(15)13(16)6-11/h3-7H,1-2H3,(H3,17,19,21). The SMILES string of the molecule is Cc1cc(C=NNC(N)=S)c(C)n1-c1ccc(Cl)c(Cl)c1. The van der Waals surface area contributed by atoms with Crippen LogP contribution in [0.4, 0.5) is 0 Å². The van der Waals surface area contributed by atoms with Crippen LogP contribution in [0, 0.1) is 13.8 Å². The average molecular weight is 341 g/mol. The fourth-order valence-electron chi connectivity index (χ4n) is 2.11. The van der Waals surface area contributed by atoms with Gasteiger partial charge in [0.25, 0.3) is 0 Å². The van der Waals surface area contributed by atoms with Crippen molar-refractivity contribution in [2.24, 2.45) is 10.8 Å². The monoisotopic (exact) mass is 340 g/mol. The Kier molecular flexibility index (Phi) is 4.88. The Labute approximate surface area is 138 Å². The molecule has 0 saturated carbocycles. The minimum absolute atomic E-state index is 0.129. The van der Waals surface area contributed by atoms with Crippen molar-refractivity contribution >= 4 is 46.7 Å². The Bertz CT molecular complexity index is 722. The molecule has 0 radical (unpaired) electrons. The molecule has 2 rings (SSSR count). The van der Waals surface area contributed by atoms with E-state index in [1.165, 1.54) is 0 Å². The molecular formula is C14H14Cl2N4S. The molecule has 1 aromatic carbocycles. The fraction of sp³-hybridized carbons (Fsp3) is 0.143. The summed E-state index contributed by atoms with van der Waals surface area (Å²) in [4.78, 5) is 0. The zero-order valence-electron chi connectivity index (χ0n) is 11.5. The van der Waals surface area contributed by atoms with Crippen molar-refractivity contribution in [1.82, 2.24) is 9.99 Å². The number of nitrogens with one attached hydrogen (secondary N) is 1. The first-order valence-corrected chi connectivity index (χ1v) is 7.29. The summed E-state index contributed by atoms with van der Waals surface area (Å²) in [6.45, 7) is 4.01. The Morgan fingerprint density at radius 1 is 1.29 bits per heavy atom. The maximum absolute atomic E-state index is 6.08. The normalized spacial score (nSPS) is 11.0. The highest BCUT2D eigenvalue weighted by Gasteiger charge is 2.10. The third-order valence-electron chi connectivity index (χ3n) is 3.01. The fourth-order valence-corrected chi connectivity index (χ4v) is 2.45. The number of hydrogen-bond acceptors (Lipinski definition) is 2. The largest absolute Gasteiger partial charge is 0.375 e. The highest BCUT2D eigenvalue weighted by atomic mass is 35.5. The van der Waals surface area contributed by atoms with Gasteiger partial charge in [-0.3, -0.25) is 5.43 Å². The first-order valence-electron chi connectivity index (χ1n) is 6.13. The van der Waals surface area contributed by atoms with Crippen LogP contribution in [0.3, 0.4) is 0 Å². The van der Waals surface area contributed by atoms with Gasteiger partial charge in [0.15, 0.2) is 5.11 Å². The summed E-state index contributed by atoms with van der Waals surface area (Å²) in [7, 11) is 0. The number of benzene rings is 1. The maximum Gasteiger partial charge on any atom is 0.184 e. The van der Waals surface area contributed by atoms with Crippen molar-refractivity contribution in [3.8, 4) is 5.69 Å². The number of aromatic nitrogens is 1. The molecule has 0 fully saturated rings. The van der Waals surface area contributed by atoms with Gasteiger partial charge in [-0.1, -0.05) is 23.2 Å². The molecule has 0 amide bonds. The van der Waals surface area contributed by atoms with E-state index in [4.69, 9.17) is 41.2 Å². The van der Waals surface area contributed by atoms with Crippen molar-refractivity contribution in [1.29, 1.82) is 0 Å². The lowest BCUT2D eigenvalue weighted by molar-refractivity contribution is 0.964. The van der Waals surface area contributed by atoms with Crippen LogP contribution in [0.25, 0.3) is 5.69 Å². The van der Waals surface area contributed by atoms with Gasteiger partial charge < -0.3 is 10.3 Å². The molecule has 110 valence electrons. The van der Waals surface area contributed by atoms with Crippen LogP contribution in [0.5, 0.6) is 0 Å². The van der Waals surface area contributed by atoms with Gasteiger partial charge in [-0.05, 0) is 50.3 Å². The molecule has 0 aliphatic heterocycles. The van der Waals surface area contributed by atoms with E-state index in [1.807, 2.05) is 32.0 Å². The number of rotatable bonds is 3. The van der Waals surface area contributed by atoms with E-state index in [0.29, 0.717) is 10.0 Å². The second-order valence-electron chi connectivity index (χ2n) is 4.49. The summed E-state index contributed by atoms with van der Waals surface area (Å²) in [5.41, 5.74) is 11.9. The molecule has 1 heterocycles. The predicted molar refractivity (Wildman–Crippen MR) is 92.8 cm³/mol. The molecular weight excluding hydrogens is 327 g/mol. The van der Waals surface area contributed by atoms with E-state index in [1.54, 1.807) is 12.3 Å². The third-order valence-corrected chi connectivity index (χ3v) is 3.84. The molecule has 7 heteroatoms. The quantitative estimate of drug-likeness (QED) is 0.510. The van der Waals surface area contributed by atoms with Crippen LogP contribution in [-0.4, -0.2) is 15.9 Å². The molecule has 0 spiro atoms. The van der Waals surface area contributed by atoms with Gasteiger partial charge in [-0.15, -0.1) is 0 Å². The Hall–Kier alpha value is -1.56. The van der Waals surface area contributed by atoms with Gasteiger partial charge in [-0.2, -0.15) is 5.10 Å². The molecule has 21 heavy (non-hydrogen) atoms. The van der Waals surface area contributed by atoms with Crippen molar-refractivity contribution < 1.29 is 0 Å². The second-order valence-corrected chi connectivity index (χ2v) is 5.75. The van der Waals surface area contributed by atoms with Crippen LogP contribution >= 0.6 is 35.4 Å². The van der Waals surface area contributed by atoms with E-state index in [2.05, 4.69) is 15.1 Å². The molecule has 0 bridgehead atoms. The topological polar surface area (TPSA) is 55.3 Å². The van der Waals surface area contributed by atoms with E-state index < -0.39 is 0 Å². The number of aryl methyl sites for hydroxylation is 1. The highest BCUT2D eigenvalue weighted by Crippen LogP contribution is 2.27. The van der Waals surface area contributed by atoms with Crippen molar-refractivity contribution in [3.05, 3.63) is 51.3 Å². The van der Waals surface area contributed by atoms with Crippen LogP contribution in [-0.2, 0) is 0 Å². The summed E-state index contributed by atoms with van der Waals surface area (Å²) in [6.07, 6.45) is 1.68. The van der Waals surface area contributed by atoms with Crippen molar-refractivity contribution in [2.45, 2.75) is 13.8 Å². The summed E-state index contributed by atoms with van der Waals surface area (Å²) in [5, 5.41) is 5.16. The summed E-state index contributed by atoms with van der Waals surface area (Å²) in [5.74, 6) is 0. The van der Waals surface area contributed by atoms with Crippen LogP contribution in [0.1, 0.15) is 17.0 Å². The smallest absolute Gasteiger partial charge is 0.184 e. The van der Waals surface area contributed by atoms with Crippen LogP contribution in [0.15, 0.2) is 29.4 Å². The number of hydrazone groups is 1. The summed E-state index contributed by atoms with van der Waals surface area (Å²) < 4.78 is 2.07. The molecule has 0 saturated heterocycles. The maximum atomic E-state index is 6.08. The average Bonchev–Trinajstić information content (AvgIpc) is 2.68. The highest BCUT2D eigenvalue weighted by molar-refractivity contribution is 7.80. The van der Waals surface area contributed by atoms with Gasteiger partial charge in [0, 0.05) is 22.6 Å². The Morgan fingerprint density at radius 2 is 2.00 bits per heavy atom. The zero-order chi connectivity index (χ0) is 15.6. The second kappa shape index (κ2) is 6.47. The number of nitrogens with zero attached hydrogens (tertiary/aromatic N) is 2. The molecule has 0 aliphatic carbocycles. The number of nitrogens with two attached hydrogens (primary N) is 1. The van der Waals surface area contributed by atoms with E-state index >= 15 is 0 Å². The third kappa shape index (κ3) is 3.56. The first kappa shape index (κ1) is 15.8. The molecule has 0 atom stereocenters. The summed E-state index contributed by atoms with van der Waals surface area (Å²) in [6, 6.07) is 7.54. The number of halogens is 2. The molecule has 2 aromatic rings. The molecule has 0 unspecified atom stereocenters. The van der Waals surface area contributed by atoms with Gasteiger partial charge in [0.05, 0.1) is 16.3 Å². The number of hydrogen-bond donors (Lipinski definition) is 2. The number of thiocarbonyl (C=S) groups is 1. The Balaban J connectivity index is 2.41. The van der Waals surface area contributed by atoms with Gasteiger partial charge in [0.1, 0.15) is 0 Å². The lowest BCUT2D eigenvalue weighted by Gasteiger charge is -2.10. The molecule has 0 aliphatic rings. The molecule has 4 nitrogen and oxygen atoms in total. The van der Waals surface area contributed by atoms with Crippen molar-refractivity contribution in [3.63, 3.8) is 0 Å². The van der Waals surface area contributed by atoms with Gasteiger partial charge in [-0.25, -0.2) is 0 Å². The van der Waals surface area contributed by atoms with Crippen LogP contribution in [0.2, 0.25) is 10.0 Å². The van der Waals surface area contributed by atoms with Gasteiger partial charge >= 0.3 is 0 Å². The van der Waals surface area contributed by atoms with Crippen molar-refractivity contribution in [2.75, 3.05) is 0 Å². The van der Waals surface area contributed by atoms with E-state index in [-0.39, 0.29) is 5.11 Å². The molecule has 1 aromatic heterocycles. The van der Waals surface area contributed by atoms with E-state index in [9.17, 15) is 0 Å². The summed E-state index contributed by atoms with van der Waals surface area (Å²) >= 11 is 16.7. The molecule has 3 N–H and O–H groups in total. The van der Waals surface area contributed by atoms with E-state index in [0.717, 1.165) is 22.6 Å². The predicted octanol–water partition coefficient (Wildman–Crippen LogP) is 3.57. The first-order chi connectivity index (χ1) is 9.90. The lowest BCUT2D eigenvalue weighted by Crippen LogP contribution is -2.24. The minimum Gasteiger partial charge on any atom is -0.375 e. The van der Waals surface area contributed by atoms with Crippen LogP contribution < -0.4 is 11.2 Å².